The predicted molar refractivity (Wildman–Crippen MR) is 80.8 cm³/mol. The van der Waals surface area contributed by atoms with Crippen molar-refractivity contribution in [1.29, 1.82) is 0 Å². The van der Waals surface area contributed by atoms with Crippen molar-refractivity contribution < 1.29 is 26.9 Å². The second kappa shape index (κ2) is 9.39. The third kappa shape index (κ3) is 8.60. The zero-order valence-corrected chi connectivity index (χ0v) is 13.5. The van der Waals surface area contributed by atoms with Crippen molar-refractivity contribution in [2.75, 3.05) is 26.6 Å². The summed E-state index contributed by atoms with van der Waals surface area (Å²) in [6.45, 7) is 0.353. The van der Waals surface area contributed by atoms with E-state index in [0.717, 1.165) is 11.8 Å². The van der Waals surface area contributed by atoms with Gasteiger partial charge in [0.05, 0.1) is 25.5 Å². The average Bonchev–Trinajstić information content (AvgIpc) is 2.45. The molecule has 1 aromatic rings. The highest BCUT2D eigenvalue weighted by molar-refractivity contribution is 7.85. The molecule has 0 bridgehead atoms. The molecule has 0 saturated heterocycles. The number of hydrogen-bond donors (Lipinski definition) is 1. The number of ether oxygens (including phenoxy) is 2. The molecule has 22 heavy (non-hydrogen) atoms. The molecule has 0 aliphatic carbocycles. The van der Waals surface area contributed by atoms with Gasteiger partial charge in [0.15, 0.2) is 0 Å². The van der Waals surface area contributed by atoms with Gasteiger partial charge in [-0.3, -0.25) is 4.18 Å². The molecule has 0 spiro atoms. The second-order valence-corrected chi connectivity index (χ2v) is 6.32. The minimum Gasteiger partial charge on any atom is -0.445 e. The number of benzene rings is 1. The molecule has 124 valence electrons. The van der Waals surface area contributed by atoms with Crippen LogP contribution >= 0.6 is 0 Å². The van der Waals surface area contributed by atoms with E-state index in [-0.39, 0.29) is 19.8 Å². The van der Waals surface area contributed by atoms with Gasteiger partial charge in [0.1, 0.15) is 6.61 Å². The molecule has 1 amide bonds. The van der Waals surface area contributed by atoms with Crippen LogP contribution in [0.1, 0.15) is 12.0 Å². The number of methoxy groups -OCH3 is 1. The molecular formula is C14H21NO6S. The smallest absolute Gasteiger partial charge is 0.407 e. The Balaban J connectivity index is 2.36. The fourth-order valence-corrected chi connectivity index (χ4v) is 2.07. The Morgan fingerprint density at radius 3 is 2.55 bits per heavy atom. The normalized spacial score (nSPS) is 12.6. The lowest BCUT2D eigenvalue weighted by Gasteiger charge is -2.17. The van der Waals surface area contributed by atoms with Crippen LogP contribution in [0.25, 0.3) is 0 Å². The van der Waals surface area contributed by atoms with Crippen LogP contribution in [0.2, 0.25) is 0 Å². The van der Waals surface area contributed by atoms with Crippen LogP contribution in [0.4, 0.5) is 4.79 Å². The first-order valence-corrected chi connectivity index (χ1v) is 8.53. The van der Waals surface area contributed by atoms with E-state index in [4.69, 9.17) is 9.47 Å². The van der Waals surface area contributed by atoms with E-state index in [1.165, 1.54) is 7.11 Å². The Hall–Kier alpha value is -1.64. The molecule has 0 aliphatic rings. The zero-order chi connectivity index (χ0) is 16.4. The molecule has 8 heteroatoms. The van der Waals surface area contributed by atoms with Gasteiger partial charge in [0.2, 0.25) is 0 Å². The molecule has 1 atom stereocenters. The largest absolute Gasteiger partial charge is 0.445 e. The van der Waals surface area contributed by atoms with Gasteiger partial charge in [0, 0.05) is 7.11 Å². The Kier molecular flexibility index (Phi) is 7.86. The first-order chi connectivity index (χ1) is 10.4. The van der Waals surface area contributed by atoms with E-state index in [1.54, 1.807) is 0 Å². The minimum atomic E-state index is -3.49. The number of hydrogen-bond acceptors (Lipinski definition) is 6. The minimum absolute atomic E-state index is 0.0359. The maximum absolute atomic E-state index is 11.7. The van der Waals surface area contributed by atoms with Crippen LogP contribution in [-0.4, -0.2) is 47.1 Å². The van der Waals surface area contributed by atoms with Crippen LogP contribution in [-0.2, 0) is 30.4 Å². The van der Waals surface area contributed by atoms with E-state index in [0.29, 0.717) is 6.42 Å². The first kappa shape index (κ1) is 18.4. The van der Waals surface area contributed by atoms with Crippen LogP contribution < -0.4 is 5.32 Å². The molecule has 0 saturated carbocycles. The molecule has 0 aliphatic heterocycles. The lowest BCUT2D eigenvalue weighted by Crippen LogP contribution is -2.39. The van der Waals surface area contributed by atoms with E-state index >= 15 is 0 Å². The second-order valence-electron chi connectivity index (χ2n) is 4.67. The van der Waals surface area contributed by atoms with E-state index < -0.39 is 22.3 Å². The van der Waals surface area contributed by atoms with E-state index in [1.807, 2.05) is 30.3 Å². The Morgan fingerprint density at radius 1 is 1.27 bits per heavy atom. The molecule has 1 unspecified atom stereocenters. The number of rotatable bonds is 9. The van der Waals surface area contributed by atoms with Gasteiger partial charge in [-0.25, -0.2) is 4.79 Å². The van der Waals surface area contributed by atoms with Crippen molar-refractivity contribution in [3.05, 3.63) is 35.9 Å². The first-order valence-electron chi connectivity index (χ1n) is 6.71. The highest BCUT2D eigenvalue weighted by Crippen LogP contribution is 2.02. The Morgan fingerprint density at radius 2 is 1.95 bits per heavy atom. The number of carbonyl (C=O) groups is 1. The predicted octanol–water partition coefficient (Wildman–Crippen LogP) is 1.29. The lowest BCUT2D eigenvalue weighted by molar-refractivity contribution is 0.115. The summed E-state index contributed by atoms with van der Waals surface area (Å²) in [5.41, 5.74) is 0.876. The van der Waals surface area contributed by atoms with Crippen molar-refractivity contribution >= 4 is 16.2 Å². The summed E-state index contributed by atoms with van der Waals surface area (Å²) in [6.07, 6.45) is 0.673. The Labute approximate surface area is 130 Å². The Bertz CT molecular complexity index is 546. The summed E-state index contributed by atoms with van der Waals surface area (Å²) in [4.78, 5) is 11.7. The molecule has 0 aromatic heterocycles. The summed E-state index contributed by atoms with van der Waals surface area (Å²) in [7, 11) is -2.01. The maximum atomic E-state index is 11.7. The highest BCUT2D eigenvalue weighted by atomic mass is 32.2. The molecular weight excluding hydrogens is 310 g/mol. The third-order valence-corrected chi connectivity index (χ3v) is 3.26. The van der Waals surface area contributed by atoms with Crippen molar-refractivity contribution in [2.45, 2.75) is 19.1 Å². The van der Waals surface area contributed by atoms with Crippen LogP contribution in [0, 0.1) is 0 Å². The summed E-state index contributed by atoms with van der Waals surface area (Å²) in [5, 5.41) is 2.61. The third-order valence-electron chi connectivity index (χ3n) is 2.67. The van der Waals surface area contributed by atoms with Crippen LogP contribution in [0.3, 0.4) is 0 Å². The molecule has 0 radical (unpaired) electrons. The van der Waals surface area contributed by atoms with E-state index in [9.17, 15) is 13.2 Å². The van der Waals surface area contributed by atoms with Crippen molar-refractivity contribution in [3.8, 4) is 0 Å². The summed E-state index contributed by atoms with van der Waals surface area (Å²) >= 11 is 0. The SMILES string of the molecule is COCC(CCOS(C)(=O)=O)NC(=O)OCc1ccccc1. The van der Waals surface area contributed by atoms with E-state index in [2.05, 4.69) is 9.50 Å². The summed E-state index contributed by atoms with van der Waals surface area (Å²) in [6, 6.07) is 8.88. The highest BCUT2D eigenvalue weighted by Gasteiger charge is 2.14. The molecule has 1 N–H and O–H groups in total. The van der Waals surface area contributed by atoms with Gasteiger partial charge in [-0.1, -0.05) is 30.3 Å². The van der Waals surface area contributed by atoms with Crippen molar-refractivity contribution in [3.63, 3.8) is 0 Å². The number of alkyl carbamates (subject to hydrolysis) is 1. The monoisotopic (exact) mass is 331 g/mol. The standard InChI is InChI=1S/C14H21NO6S/c1-19-11-13(8-9-21-22(2,17)18)15-14(16)20-10-12-6-4-3-5-7-12/h3-7,13H,8-11H2,1-2H3,(H,15,16). The molecule has 7 nitrogen and oxygen atoms in total. The summed E-state index contributed by atoms with van der Waals surface area (Å²) in [5.74, 6) is 0. The number of carbonyl (C=O) groups excluding carboxylic acids is 1. The number of amides is 1. The summed E-state index contributed by atoms with van der Waals surface area (Å²) < 4.78 is 36.5. The van der Waals surface area contributed by atoms with Gasteiger partial charge in [0.25, 0.3) is 10.1 Å². The van der Waals surface area contributed by atoms with Gasteiger partial charge in [-0.2, -0.15) is 8.42 Å². The average molecular weight is 331 g/mol. The zero-order valence-electron chi connectivity index (χ0n) is 12.7. The molecule has 0 heterocycles. The fraction of sp³-hybridized carbons (Fsp3) is 0.500. The van der Waals surface area contributed by atoms with Crippen molar-refractivity contribution in [1.82, 2.24) is 5.32 Å². The quantitative estimate of drug-likeness (QED) is 0.686. The molecule has 1 rings (SSSR count). The molecule has 0 fully saturated rings. The molecule has 1 aromatic carbocycles. The maximum Gasteiger partial charge on any atom is 0.407 e. The van der Waals surface area contributed by atoms with Crippen LogP contribution in [0.15, 0.2) is 30.3 Å². The van der Waals surface area contributed by atoms with Crippen LogP contribution in [0.5, 0.6) is 0 Å². The van der Waals surface area contributed by atoms with Crippen molar-refractivity contribution in [2.24, 2.45) is 0 Å². The fourth-order valence-electron chi connectivity index (χ4n) is 1.67. The topological polar surface area (TPSA) is 90.9 Å². The van der Waals surface area contributed by atoms with Gasteiger partial charge in [-0.15, -0.1) is 0 Å². The van der Waals surface area contributed by atoms with Gasteiger partial charge < -0.3 is 14.8 Å². The lowest BCUT2D eigenvalue weighted by atomic mass is 10.2. The van der Waals surface area contributed by atoms with Gasteiger partial charge >= 0.3 is 6.09 Å². The number of nitrogens with one attached hydrogen (secondary N) is 1. The van der Waals surface area contributed by atoms with Gasteiger partial charge in [-0.05, 0) is 12.0 Å².